The molecule has 0 saturated heterocycles. The average Bonchev–Trinajstić information content (AvgIpc) is 2.49. The van der Waals surface area contributed by atoms with Gasteiger partial charge in [-0.25, -0.2) is 8.42 Å². The molecule has 2 aromatic rings. The minimum atomic E-state index is -3.69. The van der Waals surface area contributed by atoms with E-state index in [1.165, 1.54) is 7.11 Å². The van der Waals surface area contributed by atoms with Crippen LogP contribution in [0.4, 0.5) is 5.69 Å². The van der Waals surface area contributed by atoms with Gasteiger partial charge in [-0.15, -0.1) is 0 Å². The van der Waals surface area contributed by atoms with Crippen molar-refractivity contribution in [3.63, 3.8) is 0 Å². The summed E-state index contributed by atoms with van der Waals surface area (Å²) in [5.41, 5.74) is 1.37. The summed E-state index contributed by atoms with van der Waals surface area (Å²) in [6.07, 6.45) is 0. The van der Waals surface area contributed by atoms with Crippen LogP contribution in [-0.2, 0) is 10.0 Å². The summed E-state index contributed by atoms with van der Waals surface area (Å²) < 4.78 is 32.4. The number of nitrogens with one attached hydrogen (secondary N) is 1. The average molecular weight is 340 g/mol. The predicted molar refractivity (Wildman–Crippen MR) is 89.3 cm³/mol. The maximum atomic E-state index is 12.4. The highest BCUT2D eigenvalue weighted by Gasteiger charge is 2.16. The topological polar surface area (TPSA) is 55.4 Å². The highest BCUT2D eigenvalue weighted by molar-refractivity contribution is 7.92. The molecule has 4 nitrogen and oxygen atoms in total. The molecule has 22 heavy (non-hydrogen) atoms. The lowest BCUT2D eigenvalue weighted by atomic mass is 10.0. The van der Waals surface area contributed by atoms with Crippen LogP contribution in [0.3, 0.4) is 0 Å². The van der Waals surface area contributed by atoms with Gasteiger partial charge >= 0.3 is 0 Å². The molecule has 118 valence electrons. The number of anilines is 1. The third-order valence-corrected chi connectivity index (χ3v) is 4.99. The SMILES string of the molecule is COc1ccc(Cl)c(NS(=O)(=O)c2ccc(C(C)C)cc2)c1. The van der Waals surface area contributed by atoms with Crippen LogP contribution in [0.1, 0.15) is 25.3 Å². The first-order valence-electron chi connectivity index (χ1n) is 6.80. The summed E-state index contributed by atoms with van der Waals surface area (Å²) in [4.78, 5) is 0.191. The van der Waals surface area contributed by atoms with Crippen LogP contribution in [-0.4, -0.2) is 15.5 Å². The minimum absolute atomic E-state index is 0.191. The van der Waals surface area contributed by atoms with Gasteiger partial charge < -0.3 is 4.74 Å². The van der Waals surface area contributed by atoms with Crippen LogP contribution in [0.5, 0.6) is 5.75 Å². The Kier molecular flexibility index (Phi) is 4.98. The van der Waals surface area contributed by atoms with Crippen molar-refractivity contribution in [1.82, 2.24) is 0 Å². The zero-order valence-electron chi connectivity index (χ0n) is 12.6. The van der Waals surface area contributed by atoms with E-state index in [0.29, 0.717) is 16.7 Å². The van der Waals surface area contributed by atoms with Crippen LogP contribution in [0, 0.1) is 0 Å². The van der Waals surface area contributed by atoms with Gasteiger partial charge in [0, 0.05) is 6.07 Å². The quantitative estimate of drug-likeness (QED) is 0.884. The van der Waals surface area contributed by atoms with Gasteiger partial charge in [-0.1, -0.05) is 37.6 Å². The third kappa shape index (κ3) is 3.72. The Morgan fingerprint density at radius 3 is 2.27 bits per heavy atom. The number of rotatable bonds is 5. The van der Waals surface area contributed by atoms with Crippen LogP contribution >= 0.6 is 11.6 Å². The van der Waals surface area contributed by atoms with Crippen molar-refractivity contribution in [2.24, 2.45) is 0 Å². The second-order valence-corrected chi connectivity index (χ2v) is 7.26. The van der Waals surface area contributed by atoms with Crippen molar-refractivity contribution >= 4 is 27.3 Å². The van der Waals surface area contributed by atoms with Crippen LogP contribution in [0.2, 0.25) is 5.02 Å². The molecule has 0 aliphatic rings. The summed E-state index contributed by atoms with van der Waals surface area (Å²) in [6.45, 7) is 4.11. The van der Waals surface area contributed by atoms with E-state index >= 15 is 0 Å². The van der Waals surface area contributed by atoms with Gasteiger partial charge in [-0.05, 0) is 35.7 Å². The fourth-order valence-corrected chi connectivity index (χ4v) is 3.24. The monoisotopic (exact) mass is 339 g/mol. The lowest BCUT2D eigenvalue weighted by Gasteiger charge is -2.12. The van der Waals surface area contributed by atoms with E-state index in [1.54, 1.807) is 30.3 Å². The van der Waals surface area contributed by atoms with Crippen LogP contribution < -0.4 is 9.46 Å². The molecule has 0 unspecified atom stereocenters. The van der Waals surface area contributed by atoms with Crippen molar-refractivity contribution in [3.05, 3.63) is 53.1 Å². The molecule has 0 aliphatic carbocycles. The summed E-state index contributed by atoms with van der Waals surface area (Å²) >= 11 is 6.03. The molecule has 0 heterocycles. The molecule has 0 aliphatic heterocycles. The Morgan fingerprint density at radius 2 is 1.73 bits per heavy atom. The van der Waals surface area contributed by atoms with Gasteiger partial charge in [-0.2, -0.15) is 0 Å². The van der Waals surface area contributed by atoms with Gasteiger partial charge in [0.25, 0.3) is 10.0 Å². The molecule has 6 heteroatoms. The molecule has 0 aromatic heterocycles. The third-order valence-electron chi connectivity index (χ3n) is 3.27. The van der Waals surface area contributed by atoms with Crippen molar-refractivity contribution in [3.8, 4) is 5.75 Å². The highest BCUT2D eigenvalue weighted by atomic mass is 35.5. The van der Waals surface area contributed by atoms with Gasteiger partial charge in [0.15, 0.2) is 0 Å². The number of methoxy groups -OCH3 is 1. The first kappa shape index (κ1) is 16.6. The fraction of sp³-hybridized carbons (Fsp3) is 0.250. The second kappa shape index (κ2) is 6.58. The van der Waals surface area contributed by atoms with Crippen molar-refractivity contribution < 1.29 is 13.2 Å². The highest BCUT2D eigenvalue weighted by Crippen LogP contribution is 2.29. The minimum Gasteiger partial charge on any atom is -0.497 e. The van der Waals surface area contributed by atoms with Gasteiger partial charge in [-0.3, -0.25) is 4.72 Å². The zero-order valence-corrected chi connectivity index (χ0v) is 14.2. The molecule has 2 aromatic carbocycles. The Morgan fingerprint density at radius 1 is 1.09 bits per heavy atom. The smallest absolute Gasteiger partial charge is 0.261 e. The van der Waals surface area contributed by atoms with E-state index in [1.807, 2.05) is 12.1 Å². The van der Waals surface area contributed by atoms with E-state index in [0.717, 1.165) is 5.56 Å². The van der Waals surface area contributed by atoms with E-state index in [9.17, 15) is 8.42 Å². The molecule has 0 atom stereocenters. The first-order chi connectivity index (χ1) is 10.3. The summed E-state index contributed by atoms with van der Waals surface area (Å²) in [5.74, 6) is 0.870. The molecule has 0 radical (unpaired) electrons. The number of hydrogen-bond acceptors (Lipinski definition) is 3. The van der Waals surface area contributed by atoms with Crippen molar-refractivity contribution in [2.45, 2.75) is 24.7 Å². The lowest BCUT2D eigenvalue weighted by molar-refractivity contribution is 0.415. The number of hydrogen-bond donors (Lipinski definition) is 1. The molecule has 0 bridgehead atoms. The summed E-state index contributed by atoms with van der Waals surface area (Å²) in [6, 6.07) is 11.6. The zero-order chi connectivity index (χ0) is 16.3. The van der Waals surface area contributed by atoms with Crippen molar-refractivity contribution in [2.75, 3.05) is 11.8 Å². The van der Waals surface area contributed by atoms with E-state index in [-0.39, 0.29) is 10.6 Å². The molecule has 0 saturated carbocycles. The number of ether oxygens (including phenoxy) is 1. The number of benzene rings is 2. The van der Waals surface area contributed by atoms with E-state index < -0.39 is 10.0 Å². The normalized spacial score (nSPS) is 11.5. The molecule has 0 fully saturated rings. The number of sulfonamides is 1. The Hall–Kier alpha value is -1.72. The molecular formula is C16H18ClNO3S. The molecule has 0 spiro atoms. The first-order valence-corrected chi connectivity index (χ1v) is 8.66. The standard InChI is InChI=1S/C16H18ClNO3S/c1-11(2)12-4-7-14(8-5-12)22(19,20)18-16-10-13(21-3)6-9-15(16)17/h4-11,18H,1-3H3. The van der Waals surface area contributed by atoms with Gasteiger partial charge in [0.1, 0.15) is 5.75 Å². The Balaban J connectivity index is 2.31. The van der Waals surface area contributed by atoms with Gasteiger partial charge in [0.05, 0.1) is 22.7 Å². The maximum Gasteiger partial charge on any atom is 0.261 e. The predicted octanol–water partition coefficient (Wildman–Crippen LogP) is 4.27. The Bertz CT molecular complexity index is 755. The molecule has 1 N–H and O–H groups in total. The summed E-state index contributed by atoms with van der Waals surface area (Å²) in [7, 11) is -2.19. The lowest BCUT2D eigenvalue weighted by Crippen LogP contribution is -2.13. The van der Waals surface area contributed by atoms with Crippen LogP contribution in [0.15, 0.2) is 47.4 Å². The second-order valence-electron chi connectivity index (χ2n) is 5.18. The maximum absolute atomic E-state index is 12.4. The molecule has 0 amide bonds. The molecule has 2 rings (SSSR count). The van der Waals surface area contributed by atoms with E-state index in [4.69, 9.17) is 16.3 Å². The van der Waals surface area contributed by atoms with Gasteiger partial charge in [0.2, 0.25) is 0 Å². The number of halogens is 1. The fourth-order valence-electron chi connectivity index (χ4n) is 1.95. The summed E-state index contributed by atoms with van der Waals surface area (Å²) in [5, 5.41) is 0.308. The van der Waals surface area contributed by atoms with Crippen molar-refractivity contribution in [1.29, 1.82) is 0 Å². The van der Waals surface area contributed by atoms with Crippen LogP contribution in [0.25, 0.3) is 0 Å². The Labute approximate surface area is 136 Å². The largest absolute Gasteiger partial charge is 0.497 e. The molecular weight excluding hydrogens is 322 g/mol. The van der Waals surface area contributed by atoms with E-state index in [2.05, 4.69) is 18.6 Å².